The van der Waals surface area contributed by atoms with Gasteiger partial charge in [-0.3, -0.25) is 0 Å². The molecule has 13 heavy (non-hydrogen) atoms. The van der Waals surface area contributed by atoms with Gasteiger partial charge in [-0.1, -0.05) is 32.3 Å². The molecule has 1 aliphatic carbocycles. The van der Waals surface area contributed by atoms with Gasteiger partial charge in [0.1, 0.15) is 0 Å². The van der Waals surface area contributed by atoms with E-state index in [0.717, 1.165) is 11.8 Å². The van der Waals surface area contributed by atoms with Crippen LogP contribution in [-0.4, -0.2) is 0 Å². The third kappa shape index (κ3) is 1.96. The van der Waals surface area contributed by atoms with E-state index < -0.39 is 0 Å². The summed E-state index contributed by atoms with van der Waals surface area (Å²) >= 11 is 1.95. The van der Waals surface area contributed by atoms with Crippen LogP contribution in [0.2, 0.25) is 0 Å². The van der Waals surface area contributed by atoms with Gasteiger partial charge in [0.25, 0.3) is 0 Å². The SMILES string of the molecule is CCC1CCCCC1c1cccs1. The van der Waals surface area contributed by atoms with Gasteiger partial charge in [0.15, 0.2) is 0 Å². The van der Waals surface area contributed by atoms with Crippen molar-refractivity contribution < 1.29 is 0 Å². The van der Waals surface area contributed by atoms with Crippen molar-refractivity contribution in [1.82, 2.24) is 0 Å². The second-order valence-electron chi connectivity index (χ2n) is 4.07. The Morgan fingerprint density at radius 2 is 2.23 bits per heavy atom. The van der Waals surface area contributed by atoms with Crippen molar-refractivity contribution in [1.29, 1.82) is 0 Å². The molecule has 0 N–H and O–H groups in total. The fraction of sp³-hybridized carbons (Fsp3) is 0.667. The lowest BCUT2D eigenvalue weighted by Gasteiger charge is -2.30. The molecule has 0 bridgehead atoms. The van der Waals surface area contributed by atoms with E-state index in [-0.39, 0.29) is 0 Å². The van der Waals surface area contributed by atoms with Gasteiger partial charge in [0, 0.05) is 4.88 Å². The Balaban J connectivity index is 2.11. The van der Waals surface area contributed by atoms with E-state index in [1.807, 2.05) is 11.3 Å². The summed E-state index contributed by atoms with van der Waals surface area (Å²) in [6.07, 6.45) is 7.15. The molecule has 1 aliphatic rings. The topological polar surface area (TPSA) is 0 Å². The Morgan fingerprint density at radius 3 is 2.92 bits per heavy atom. The van der Waals surface area contributed by atoms with Gasteiger partial charge in [-0.15, -0.1) is 11.3 Å². The van der Waals surface area contributed by atoms with Gasteiger partial charge in [-0.05, 0) is 36.1 Å². The Kier molecular flexibility index (Phi) is 3.05. The maximum atomic E-state index is 2.34. The summed E-state index contributed by atoms with van der Waals surface area (Å²) in [6.45, 7) is 2.34. The highest BCUT2D eigenvalue weighted by atomic mass is 32.1. The molecule has 0 spiro atoms. The Labute approximate surface area is 85.0 Å². The lowest BCUT2D eigenvalue weighted by Crippen LogP contribution is -2.15. The molecule has 1 saturated carbocycles. The molecule has 2 rings (SSSR count). The predicted octanol–water partition coefficient (Wildman–Crippen LogP) is 4.43. The molecular formula is C12H18S. The molecule has 0 radical (unpaired) electrons. The van der Waals surface area contributed by atoms with Gasteiger partial charge in [-0.25, -0.2) is 0 Å². The van der Waals surface area contributed by atoms with Crippen LogP contribution in [0.4, 0.5) is 0 Å². The first-order valence-electron chi connectivity index (χ1n) is 5.45. The minimum Gasteiger partial charge on any atom is -0.149 e. The van der Waals surface area contributed by atoms with Crippen LogP contribution in [-0.2, 0) is 0 Å². The monoisotopic (exact) mass is 194 g/mol. The molecule has 1 aromatic rings. The van der Waals surface area contributed by atoms with E-state index in [1.165, 1.54) is 32.1 Å². The number of thiophene rings is 1. The first-order valence-corrected chi connectivity index (χ1v) is 6.33. The standard InChI is InChI=1S/C12H18S/c1-2-10-6-3-4-7-11(10)12-8-5-9-13-12/h5,8-11H,2-4,6-7H2,1H3. The normalized spacial score (nSPS) is 29.0. The van der Waals surface area contributed by atoms with E-state index >= 15 is 0 Å². The van der Waals surface area contributed by atoms with Crippen LogP contribution in [0.1, 0.15) is 49.8 Å². The highest BCUT2D eigenvalue weighted by molar-refractivity contribution is 7.10. The molecule has 0 aromatic carbocycles. The average molecular weight is 194 g/mol. The van der Waals surface area contributed by atoms with E-state index in [4.69, 9.17) is 0 Å². The molecular weight excluding hydrogens is 176 g/mol. The van der Waals surface area contributed by atoms with Crippen molar-refractivity contribution in [3.63, 3.8) is 0 Å². The Bertz CT molecular complexity index is 238. The van der Waals surface area contributed by atoms with Crippen LogP contribution < -0.4 is 0 Å². The van der Waals surface area contributed by atoms with Crippen LogP contribution in [0.3, 0.4) is 0 Å². The van der Waals surface area contributed by atoms with Crippen molar-refractivity contribution in [3.05, 3.63) is 22.4 Å². The first-order chi connectivity index (χ1) is 6.42. The van der Waals surface area contributed by atoms with Crippen molar-refractivity contribution in [2.24, 2.45) is 5.92 Å². The summed E-state index contributed by atoms with van der Waals surface area (Å²) in [5, 5.41) is 2.22. The molecule has 0 amide bonds. The average Bonchev–Trinajstić information content (AvgIpc) is 2.70. The van der Waals surface area contributed by atoms with E-state index in [9.17, 15) is 0 Å². The van der Waals surface area contributed by atoms with Gasteiger partial charge in [-0.2, -0.15) is 0 Å². The minimum absolute atomic E-state index is 0.888. The molecule has 72 valence electrons. The van der Waals surface area contributed by atoms with E-state index in [2.05, 4.69) is 24.4 Å². The van der Waals surface area contributed by atoms with Crippen molar-refractivity contribution in [2.45, 2.75) is 44.9 Å². The summed E-state index contributed by atoms with van der Waals surface area (Å²) in [7, 11) is 0. The maximum Gasteiger partial charge on any atom is 0.00789 e. The largest absolute Gasteiger partial charge is 0.149 e. The highest BCUT2D eigenvalue weighted by Crippen LogP contribution is 2.40. The second kappa shape index (κ2) is 4.28. The fourth-order valence-corrected chi connectivity index (χ4v) is 3.53. The quantitative estimate of drug-likeness (QED) is 0.653. The van der Waals surface area contributed by atoms with Crippen LogP contribution in [0.25, 0.3) is 0 Å². The molecule has 1 fully saturated rings. The van der Waals surface area contributed by atoms with Gasteiger partial charge in [0.2, 0.25) is 0 Å². The number of rotatable bonds is 2. The van der Waals surface area contributed by atoms with Crippen LogP contribution in [0.15, 0.2) is 17.5 Å². The second-order valence-corrected chi connectivity index (χ2v) is 5.05. The first kappa shape index (κ1) is 9.26. The number of hydrogen-bond acceptors (Lipinski definition) is 1. The zero-order valence-electron chi connectivity index (χ0n) is 8.33. The molecule has 0 saturated heterocycles. The van der Waals surface area contributed by atoms with Crippen molar-refractivity contribution in [2.75, 3.05) is 0 Å². The van der Waals surface area contributed by atoms with E-state index in [0.29, 0.717) is 0 Å². The Morgan fingerprint density at radius 1 is 1.38 bits per heavy atom. The predicted molar refractivity (Wildman–Crippen MR) is 59.3 cm³/mol. The summed E-state index contributed by atoms with van der Waals surface area (Å²) in [5.74, 6) is 1.85. The fourth-order valence-electron chi connectivity index (χ4n) is 2.57. The lowest BCUT2D eigenvalue weighted by atomic mass is 9.77. The lowest BCUT2D eigenvalue weighted by molar-refractivity contribution is 0.302. The molecule has 1 heterocycles. The third-order valence-electron chi connectivity index (χ3n) is 3.34. The zero-order chi connectivity index (χ0) is 9.10. The summed E-state index contributed by atoms with van der Waals surface area (Å²) in [4.78, 5) is 1.63. The third-order valence-corrected chi connectivity index (χ3v) is 4.35. The Hall–Kier alpha value is -0.300. The summed E-state index contributed by atoms with van der Waals surface area (Å²) in [6, 6.07) is 4.52. The molecule has 2 unspecified atom stereocenters. The molecule has 0 aliphatic heterocycles. The van der Waals surface area contributed by atoms with Crippen molar-refractivity contribution >= 4 is 11.3 Å². The van der Waals surface area contributed by atoms with E-state index in [1.54, 1.807) is 4.88 Å². The van der Waals surface area contributed by atoms with Gasteiger partial charge >= 0.3 is 0 Å². The van der Waals surface area contributed by atoms with Crippen LogP contribution >= 0.6 is 11.3 Å². The summed E-state index contributed by atoms with van der Waals surface area (Å²) < 4.78 is 0. The maximum absolute atomic E-state index is 2.34. The number of hydrogen-bond donors (Lipinski definition) is 0. The van der Waals surface area contributed by atoms with Crippen molar-refractivity contribution in [3.8, 4) is 0 Å². The smallest absolute Gasteiger partial charge is 0.00789 e. The summed E-state index contributed by atoms with van der Waals surface area (Å²) in [5.41, 5.74) is 0. The molecule has 1 aromatic heterocycles. The molecule has 0 nitrogen and oxygen atoms in total. The van der Waals surface area contributed by atoms with Crippen LogP contribution in [0, 0.1) is 5.92 Å². The highest BCUT2D eigenvalue weighted by Gasteiger charge is 2.25. The van der Waals surface area contributed by atoms with Gasteiger partial charge < -0.3 is 0 Å². The minimum atomic E-state index is 0.888. The van der Waals surface area contributed by atoms with Gasteiger partial charge in [0.05, 0.1) is 0 Å². The molecule has 1 heteroatoms. The zero-order valence-corrected chi connectivity index (χ0v) is 9.15. The molecule has 2 atom stereocenters. The van der Waals surface area contributed by atoms with Crippen LogP contribution in [0.5, 0.6) is 0 Å².